The van der Waals surface area contributed by atoms with Gasteiger partial charge in [0.1, 0.15) is 0 Å². The summed E-state index contributed by atoms with van der Waals surface area (Å²) in [5.74, 6) is -0.841. The molecule has 1 aromatic rings. The Balaban J connectivity index is 1.79. The topological polar surface area (TPSA) is 97.0 Å². The Morgan fingerprint density at radius 2 is 1.81 bits per heavy atom. The highest BCUT2D eigenvalue weighted by atomic mass is 32.1. The van der Waals surface area contributed by atoms with Gasteiger partial charge in [0.25, 0.3) is 5.91 Å². The molecule has 146 valence electrons. The molecule has 0 bridgehead atoms. The van der Waals surface area contributed by atoms with Crippen LogP contribution in [0.3, 0.4) is 0 Å². The maximum Gasteiger partial charge on any atom is 0.306 e. The Hall–Kier alpha value is -2.52. The van der Waals surface area contributed by atoms with Crippen LogP contribution >= 0.6 is 12.2 Å². The molecular formula is C18H23N3O5S. The van der Waals surface area contributed by atoms with Crippen molar-refractivity contribution in [1.82, 2.24) is 10.2 Å². The summed E-state index contributed by atoms with van der Waals surface area (Å²) in [7, 11) is 0. The monoisotopic (exact) mass is 393 g/mol. The number of ether oxygens (including phenoxy) is 2. The first kappa shape index (κ1) is 20.8. The van der Waals surface area contributed by atoms with E-state index in [-0.39, 0.29) is 36.4 Å². The zero-order chi connectivity index (χ0) is 19.6. The minimum Gasteiger partial charge on any atom is -0.466 e. The van der Waals surface area contributed by atoms with E-state index < -0.39 is 5.97 Å². The fourth-order valence-electron chi connectivity index (χ4n) is 2.45. The molecule has 27 heavy (non-hydrogen) atoms. The van der Waals surface area contributed by atoms with Crippen LogP contribution in [0.2, 0.25) is 0 Å². The van der Waals surface area contributed by atoms with Crippen LogP contribution in [0, 0.1) is 0 Å². The SMILES string of the molecule is CCOC(=O)CCC(=O)NC(=S)Nc1ccc(C(=O)N2CCOCC2)cc1. The number of carbonyl (C=O) groups is 3. The summed E-state index contributed by atoms with van der Waals surface area (Å²) < 4.78 is 10.0. The van der Waals surface area contributed by atoms with E-state index in [0.29, 0.717) is 37.6 Å². The van der Waals surface area contributed by atoms with E-state index in [0.717, 1.165) is 0 Å². The first-order chi connectivity index (χ1) is 13.0. The molecular weight excluding hydrogens is 370 g/mol. The Labute approximate surface area is 163 Å². The molecule has 2 rings (SSSR count). The Kier molecular flexibility index (Phi) is 8.15. The van der Waals surface area contributed by atoms with Crippen LogP contribution in [0.15, 0.2) is 24.3 Å². The Bertz CT molecular complexity index is 687. The quantitative estimate of drug-likeness (QED) is 0.556. The van der Waals surface area contributed by atoms with Gasteiger partial charge >= 0.3 is 5.97 Å². The first-order valence-corrected chi connectivity index (χ1v) is 9.14. The lowest BCUT2D eigenvalue weighted by Crippen LogP contribution is -2.40. The third-order valence-electron chi connectivity index (χ3n) is 3.80. The summed E-state index contributed by atoms with van der Waals surface area (Å²) in [6.45, 7) is 4.26. The van der Waals surface area contributed by atoms with Crippen LogP contribution in [-0.2, 0) is 19.1 Å². The molecule has 0 aromatic heterocycles. The average Bonchev–Trinajstić information content (AvgIpc) is 2.67. The summed E-state index contributed by atoms with van der Waals surface area (Å²) in [4.78, 5) is 37.1. The molecule has 1 saturated heterocycles. The highest BCUT2D eigenvalue weighted by molar-refractivity contribution is 7.80. The molecule has 0 radical (unpaired) electrons. The summed E-state index contributed by atoms with van der Waals surface area (Å²) in [6, 6.07) is 6.83. The molecule has 2 N–H and O–H groups in total. The summed E-state index contributed by atoms with van der Waals surface area (Å²) in [5.41, 5.74) is 1.22. The van der Waals surface area contributed by atoms with Crippen molar-refractivity contribution in [2.45, 2.75) is 19.8 Å². The van der Waals surface area contributed by atoms with E-state index in [9.17, 15) is 14.4 Å². The number of morpholine rings is 1. The Morgan fingerprint density at radius 3 is 2.44 bits per heavy atom. The summed E-state index contributed by atoms with van der Waals surface area (Å²) >= 11 is 5.08. The van der Waals surface area contributed by atoms with Gasteiger partial charge in [-0.3, -0.25) is 14.4 Å². The maximum absolute atomic E-state index is 12.4. The van der Waals surface area contributed by atoms with E-state index in [1.165, 1.54) is 0 Å². The standard InChI is InChI=1S/C18H23N3O5S/c1-2-26-16(23)8-7-15(22)20-18(27)19-14-5-3-13(4-6-14)17(24)21-9-11-25-12-10-21/h3-6H,2,7-12H2,1H3,(H2,19,20,22,27). The number of thiocarbonyl (C=S) groups is 1. The van der Waals surface area contributed by atoms with E-state index >= 15 is 0 Å². The van der Waals surface area contributed by atoms with Gasteiger partial charge in [-0.15, -0.1) is 0 Å². The second-order valence-electron chi connectivity index (χ2n) is 5.79. The van der Waals surface area contributed by atoms with E-state index in [1.807, 2.05) is 0 Å². The molecule has 0 saturated carbocycles. The molecule has 2 amide bonds. The molecule has 0 atom stereocenters. The van der Waals surface area contributed by atoms with Crippen LogP contribution in [-0.4, -0.2) is 60.7 Å². The molecule has 1 heterocycles. The van der Waals surface area contributed by atoms with Crippen LogP contribution in [0.25, 0.3) is 0 Å². The third-order valence-corrected chi connectivity index (χ3v) is 4.01. The van der Waals surface area contributed by atoms with E-state index in [2.05, 4.69) is 10.6 Å². The van der Waals surface area contributed by atoms with Crippen LogP contribution in [0.5, 0.6) is 0 Å². The van der Waals surface area contributed by atoms with Crippen LogP contribution < -0.4 is 10.6 Å². The fourth-order valence-corrected chi connectivity index (χ4v) is 2.68. The lowest BCUT2D eigenvalue weighted by atomic mass is 10.1. The molecule has 0 aliphatic carbocycles. The number of anilines is 1. The van der Waals surface area contributed by atoms with Gasteiger partial charge in [-0.05, 0) is 43.4 Å². The molecule has 0 spiro atoms. The van der Waals surface area contributed by atoms with Gasteiger partial charge in [0.05, 0.1) is 26.2 Å². The number of hydrogen-bond donors (Lipinski definition) is 2. The van der Waals surface area contributed by atoms with Crippen molar-refractivity contribution in [2.24, 2.45) is 0 Å². The lowest BCUT2D eigenvalue weighted by Gasteiger charge is -2.26. The maximum atomic E-state index is 12.4. The number of nitrogens with zero attached hydrogens (tertiary/aromatic N) is 1. The molecule has 0 unspecified atom stereocenters. The predicted octanol–water partition coefficient (Wildman–Crippen LogP) is 1.32. The molecule has 1 fully saturated rings. The van der Waals surface area contributed by atoms with Crippen molar-refractivity contribution in [2.75, 3.05) is 38.2 Å². The molecule has 1 aromatic carbocycles. The highest BCUT2D eigenvalue weighted by Gasteiger charge is 2.18. The smallest absolute Gasteiger partial charge is 0.306 e. The number of nitrogens with one attached hydrogen (secondary N) is 2. The van der Waals surface area contributed by atoms with E-state index in [4.69, 9.17) is 21.7 Å². The van der Waals surface area contributed by atoms with Crippen molar-refractivity contribution in [3.05, 3.63) is 29.8 Å². The van der Waals surface area contributed by atoms with Crippen molar-refractivity contribution in [3.8, 4) is 0 Å². The van der Waals surface area contributed by atoms with Crippen molar-refractivity contribution in [1.29, 1.82) is 0 Å². The number of rotatable bonds is 6. The zero-order valence-electron chi connectivity index (χ0n) is 15.2. The summed E-state index contributed by atoms with van der Waals surface area (Å²) in [6.07, 6.45) is -0.00568. The number of amides is 2. The first-order valence-electron chi connectivity index (χ1n) is 8.73. The van der Waals surface area contributed by atoms with Gasteiger partial charge in [-0.2, -0.15) is 0 Å². The van der Waals surface area contributed by atoms with Crippen LogP contribution in [0.4, 0.5) is 5.69 Å². The second-order valence-corrected chi connectivity index (χ2v) is 6.20. The summed E-state index contributed by atoms with van der Waals surface area (Å²) in [5, 5.41) is 5.49. The molecule has 1 aliphatic rings. The third kappa shape index (κ3) is 6.95. The van der Waals surface area contributed by atoms with Gasteiger partial charge in [0.15, 0.2) is 5.11 Å². The Morgan fingerprint density at radius 1 is 1.15 bits per heavy atom. The fraction of sp³-hybridized carbons (Fsp3) is 0.444. The number of benzene rings is 1. The van der Waals surface area contributed by atoms with Crippen molar-refractivity contribution in [3.63, 3.8) is 0 Å². The van der Waals surface area contributed by atoms with Crippen LogP contribution in [0.1, 0.15) is 30.1 Å². The molecule has 9 heteroatoms. The van der Waals surface area contributed by atoms with Gasteiger partial charge in [0, 0.05) is 30.8 Å². The van der Waals surface area contributed by atoms with Gasteiger partial charge in [-0.1, -0.05) is 0 Å². The predicted molar refractivity (Wildman–Crippen MR) is 103 cm³/mol. The van der Waals surface area contributed by atoms with Gasteiger partial charge in [0.2, 0.25) is 5.91 Å². The number of esters is 1. The number of carbonyl (C=O) groups excluding carboxylic acids is 3. The largest absolute Gasteiger partial charge is 0.466 e. The zero-order valence-corrected chi connectivity index (χ0v) is 16.0. The normalized spacial score (nSPS) is 13.6. The second kappa shape index (κ2) is 10.6. The minimum absolute atomic E-state index is 0.000630. The average molecular weight is 393 g/mol. The van der Waals surface area contributed by atoms with Crippen molar-refractivity contribution >= 4 is 40.8 Å². The molecule has 1 aliphatic heterocycles. The highest BCUT2D eigenvalue weighted by Crippen LogP contribution is 2.12. The minimum atomic E-state index is -0.424. The number of hydrogen-bond acceptors (Lipinski definition) is 6. The lowest BCUT2D eigenvalue weighted by molar-refractivity contribution is -0.144. The van der Waals surface area contributed by atoms with Gasteiger partial charge < -0.3 is 25.0 Å². The van der Waals surface area contributed by atoms with Crippen molar-refractivity contribution < 1.29 is 23.9 Å². The molecule has 8 nitrogen and oxygen atoms in total. The van der Waals surface area contributed by atoms with E-state index in [1.54, 1.807) is 36.1 Å². The van der Waals surface area contributed by atoms with Gasteiger partial charge in [-0.25, -0.2) is 0 Å².